The first-order chi connectivity index (χ1) is 7.20. The maximum atomic E-state index is 5.58. The molecule has 2 aromatic rings. The van der Waals surface area contributed by atoms with E-state index in [4.69, 9.17) is 28.9 Å². The van der Waals surface area contributed by atoms with Crippen molar-refractivity contribution in [2.24, 2.45) is 0 Å². The van der Waals surface area contributed by atoms with E-state index in [1.54, 1.807) is 12.1 Å². The van der Waals surface area contributed by atoms with Gasteiger partial charge in [-0.1, -0.05) is 35.3 Å². The second-order valence-corrected chi connectivity index (χ2v) is 3.22. The Morgan fingerprint density at radius 1 is 0.933 bits per heavy atom. The van der Waals surface area contributed by atoms with Gasteiger partial charge in [-0.25, -0.2) is 15.0 Å². The maximum absolute atomic E-state index is 5.58. The van der Waals surface area contributed by atoms with E-state index in [-0.39, 0.29) is 5.95 Å². The van der Waals surface area contributed by atoms with Crippen molar-refractivity contribution < 1.29 is 0 Å². The van der Waals surface area contributed by atoms with E-state index in [9.17, 15) is 0 Å². The minimum Gasteiger partial charge on any atom is -0.368 e. The molecule has 0 saturated carbocycles. The quantitative estimate of drug-likeness (QED) is 0.771. The SMILES string of the molecule is Clc1ccccc1Cl.Nc1ncncn1. The van der Waals surface area contributed by atoms with Gasteiger partial charge in [-0.2, -0.15) is 0 Å². The second kappa shape index (κ2) is 6.16. The summed E-state index contributed by atoms with van der Waals surface area (Å²) in [6.45, 7) is 0. The van der Waals surface area contributed by atoms with E-state index < -0.39 is 0 Å². The van der Waals surface area contributed by atoms with Gasteiger partial charge >= 0.3 is 0 Å². The molecule has 0 spiro atoms. The molecule has 0 radical (unpaired) electrons. The van der Waals surface area contributed by atoms with E-state index in [1.807, 2.05) is 12.1 Å². The number of anilines is 1. The molecule has 0 aliphatic rings. The number of benzene rings is 1. The molecule has 1 aromatic heterocycles. The Hall–Kier alpha value is -1.39. The Morgan fingerprint density at radius 2 is 1.40 bits per heavy atom. The van der Waals surface area contributed by atoms with Crippen molar-refractivity contribution in [1.82, 2.24) is 15.0 Å². The molecule has 1 heterocycles. The Morgan fingerprint density at radius 3 is 1.67 bits per heavy atom. The highest BCUT2D eigenvalue weighted by molar-refractivity contribution is 6.41. The van der Waals surface area contributed by atoms with Crippen LogP contribution in [0.2, 0.25) is 10.0 Å². The lowest BCUT2D eigenvalue weighted by molar-refractivity contribution is 1.06. The monoisotopic (exact) mass is 242 g/mol. The third kappa shape index (κ3) is 4.58. The van der Waals surface area contributed by atoms with E-state index in [0.717, 1.165) is 0 Å². The van der Waals surface area contributed by atoms with Crippen molar-refractivity contribution in [3.05, 3.63) is 47.0 Å². The van der Waals surface area contributed by atoms with Gasteiger partial charge in [-0.15, -0.1) is 0 Å². The first-order valence-electron chi connectivity index (χ1n) is 3.97. The minimum absolute atomic E-state index is 0.259. The fourth-order valence-electron chi connectivity index (χ4n) is 0.687. The van der Waals surface area contributed by atoms with Gasteiger partial charge in [0.05, 0.1) is 10.0 Å². The highest BCUT2D eigenvalue weighted by Gasteiger charge is 1.89. The molecule has 6 heteroatoms. The standard InChI is InChI=1S/C6H4Cl2.C3H4N4/c7-5-3-1-2-4-6(5)8;4-3-6-1-5-2-7-3/h1-4H;1-2H,(H2,4,5,6,7). The number of rotatable bonds is 0. The Bertz CT molecular complexity index is 387. The zero-order valence-electron chi connectivity index (χ0n) is 7.64. The first-order valence-corrected chi connectivity index (χ1v) is 4.73. The average Bonchev–Trinajstić information content (AvgIpc) is 2.25. The van der Waals surface area contributed by atoms with E-state index in [0.29, 0.717) is 10.0 Å². The van der Waals surface area contributed by atoms with Crippen LogP contribution in [-0.2, 0) is 0 Å². The predicted molar refractivity (Wildman–Crippen MR) is 60.7 cm³/mol. The molecule has 0 saturated heterocycles. The largest absolute Gasteiger partial charge is 0.368 e. The molecule has 0 unspecified atom stereocenters. The number of nitrogen functional groups attached to an aromatic ring is 1. The summed E-state index contributed by atoms with van der Waals surface area (Å²) in [5, 5.41) is 1.21. The maximum Gasteiger partial charge on any atom is 0.222 e. The molecule has 0 amide bonds. The van der Waals surface area contributed by atoms with Crippen molar-refractivity contribution in [3.63, 3.8) is 0 Å². The van der Waals surface area contributed by atoms with Gasteiger partial charge in [0.25, 0.3) is 0 Å². The summed E-state index contributed by atoms with van der Waals surface area (Å²) in [6, 6.07) is 7.19. The van der Waals surface area contributed by atoms with Crippen molar-refractivity contribution in [2.75, 3.05) is 5.73 Å². The van der Waals surface area contributed by atoms with Crippen molar-refractivity contribution in [2.45, 2.75) is 0 Å². The van der Waals surface area contributed by atoms with Crippen LogP contribution in [-0.4, -0.2) is 15.0 Å². The van der Waals surface area contributed by atoms with Gasteiger partial charge in [0.2, 0.25) is 5.95 Å². The summed E-state index contributed by atoms with van der Waals surface area (Å²) in [6.07, 6.45) is 2.70. The first kappa shape index (κ1) is 11.7. The third-order valence-corrected chi connectivity index (χ3v) is 2.09. The molecular formula is C9H8Cl2N4. The Kier molecular flexibility index (Phi) is 4.80. The van der Waals surface area contributed by atoms with Crippen LogP contribution in [0.3, 0.4) is 0 Å². The average molecular weight is 243 g/mol. The number of nitrogens with two attached hydrogens (primary N) is 1. The molecule has 0 fully saturated rings. The van der Waals surface area contributed by atoms with Gasteiger partial charge in [-0.05, 0) is 12.1 Å². The summed E-state index contributed by atoms with van der Waals surface area (Å²) >= 11 is 11.2. The molecule has 1 aromatic carbocycles. The van der Waals surface area contributed by atoms with Crippen LogP contribution in [0.4, 0.5) is 5.95 Å². The van der Waals surface area contributed by atoms with Crippen LogP contribution in [0.15, 0.2) is 36.9 Å². The van der Waals surface area contributed by atoms with Gasteiger partial charge in [-0.3, -0.25) is 0 Å². The summed E-state index contributed by atoms with van der Waals surface area (Å²) in [4.78, 5) is 10.6. The number of nitrogens with zero attached hydrogens (tertiary/aromatic N) is 3. The van der Waals surface area contributed by atoms with Crippen LogP contribution >= 0.6 is 23.2 Å². The molecule has 2 rings (SSSR count). The lowest BCUT2D eigenvalue weighted by atomic mass is 10.4. The van der Waals surface area contributed by atoms with Gasteiger partial charge < -0.3 is 5.73 Å². The number of aromatic nitrogens is 3. The smallest absolute Gasteiger partial charge is 0.222 e. The zero-order valence-corrected chi connectivity index (χ0v) is 9.15. The molecule has 0 bridgehead atoms. The van der Waals surface area contributed by atoms with Gasteiger partial charge in [0, 0.05) is 0 Å². The number of halogens is 2. The third-order valence-electron chi connectivity index (χ3n) is 1.34. The van der Waals surface area contributed by atoms with Crippen LogP contribution in [0, 0.1) is 0 Å². The second-order valence-electron chi connectivity index (χ2n) is 2.41. The molecule has 0 aliphatic heterocycles. The molecule has 15 heavy (non-hydrogen) atoms. The lowest BCUT2D eigenvalue weighted by Crippen LogP contribution is -1.92. The Labute approximate surface area is 97.1 Å². The van der Waals surface area contributed by atoms with E-state index in [1.165, 1.54) is 12.7 Å². The highest BCUT2D eigenvalue weighted by atomic mass is 35.5. The molecule has 4 nitrogen and oxygen atoms in total. The fraction of sp³-hybridized carbons (Fsp3) is 0. The molecule has 78 valence electrons. The minimum atomic E-state index is 0.259. The van der Waals surface area contributed by atoms with Crippen molar-refractivity contribution >= 4 is 29.2 Å². The normalized spacial score (nSPS) is 8.93. The van der Waals surface area contributed by atoms with Gasteiger partial charge in [0.1, 0.15) is 12.7 Å². The molecule has 0 atom stereocenters. The van der Waals surface area contributed by atoms with Crippen LogP contribution in [0.1, 0.15) is 0 Å². The van der Waals surface area contributed by atoms with Crippen LogP contribution in [0.25, 0.3) is 0 Å². The van der Waals surface area contributed by atoms with Crippen molar-refractivity contribution in [3.8, 4) is 0 Å². The summed E-state index contributed by atoms with van der Waals surface area (Å²) in [5.74, 6) is 0.259. The van der Waals surface area contributed by atoms with Crippen LogP contribution in [0.5, 0.6) is 0 Å². The van der Waals surface area contributed by atoms with Crippen LogP contribution < -0.4 is 5.73 Å². The summed E-state index contributed by atoms with van der Waals surface area (Å²) in [5.41, 5.74) is 5.10. The number of hydrogen-bond donors (Lipinski definition) is 1. The molecular weight excluding hydrogens is 235 g/mol. The molecule has 0 aliphatic carbocycles. The highest BCUT2D eigenvalue weighted by Crippen LogP contribution is 2.19. The summed E-state index contributed by atoms with van der Waals surface area (Å²) < 4.78 is 0. The van der Waals surface area contributed by atoms with Gasteiger partial charge in [0.15, 0.2) is 0 Å². The topological polar surface area (TPSA) is 64.7 Å². The lowest BCUT2D eigenvalue weighted by Gasteiger charge is -1.88. The summed E-state index contributed by atoms with van der Waals surface area (Å²) in [7, 11) is 0. The Balaban J connectivity index is 0.000000151. The molecule has 2 N–H and O–H groups in total. The van der Waals surface area contributed by atoms with E-state index in [2.05, 4.69) is 15.0 Å². The predicted octanol–water partition coefficient (Wildman–Crippen LogP) is 2.45. The van der Waals surface area contributed by atoms with E-state index >= 15 is 0 Å². The van der Waals surface area contributed by atoms with Crippen molar-refractivity contribution in [1.29, 1.82) is 0 Å². The number of hydrogen-bond acceptors (Lipinski definition) is 4. The fourth-order valence-corrected chi connectivity index (χ4v) is 0.959. The zero-order chi connectivity index (χ0) is 11.1.